The second kappa shape index (κ2) is 10.5. The topological polar surface area (TPSA) is 111 Å². The summed E-state index contributed by atoms with van der Waals surface area (Å²) in [6.45, 7) is 3.42. The van der Waals surface area contributed by atoms with Crippen LogP contribution in [0.1, 0.15) is 30.7 Å². The molecule has 0 saturated carbocycles. The van der Waals surface area contributed by atoms with E-state index in [1.807, 2.05) is 30.3 Å². The standard InChI is InChI=1S/C19H23N3O5S/c1-12-9-16(22-27-12)21-19(25)13(2)28-11-17(23)20-15(10-18(24)26-3)14-7-5-4-6-8-14/h4-9,13,15H,10-11H2,1-3H3,(H,20,23)(H,21,22,25). The van der Waals surface area contributed by atoms with Crippen molar-refractivity contribution in [3.8, 4) is 0 Å². The van der Waals surface area contributed by atoms with Crippen LogP contribution in [0, 0.1) is 6.92 Å². The SMILES string of the molecule is COC(=O)CC(NC(=O)CSC(C)C(=O)Nc1cc(C)on1)c1ccccc1. The molecule has 2 amide bonds. The fraction of sp³-hybridized carbons (Fsp3) is 0.368. The predicted molar refractivity (Wildman–Crippen MR) is 106 cm³/mol. The highest BCUT2D eigenvalue weighted by atomic mass is 32.2. The number of ether oxygens (including phenoxy) is 1. The predicted octanol–water partition coefficient (Wildman–Crippen LogP) is 2.46. The van der Waals surface area contributed by atoms with Gasteiger partial charge in [-0.25, -0.2) is 0 Å². The average molecular weight is 405 g/mol. The van der Waals surface area contributed by atoms with Gasteiger partial charge in [-0.15, -0.1) is 11.8 Å². The van der Waals surface area contributed by atoms with Crippen LogP contribution in [-0.2, 0) is 19.1 Å². The maximum absolute atomic E-state index is 12.3. The number of benzene rings is 1. The van der Waals surface area contributed by atoms with Crippen molar-refractivity contribution in [2.45, 2.75) is 31.6 Å². The molecule has 0 aliphatic rings. The number of amides is 2. The number of carbonyl (C=O) groups excluding carboxylic acids is 3. The van der Waals surface area contributed by atoms with Crippen LogP contribution < -0.4 is 10.6 Å². The zero-order valence-corrected chi connectivity index (χ0v) is 16.7. The number of rotatable bonds is 9. The van der Waals surface area contributed by atoms with Crippen LogP contribution >= 0.6 is 11.8 Å². The Balaban J connectivity index is 1.87. The van der Waals surface area contributed by atoms with Gasteiger partial charge >= 0.3 is 5.97 Å². The van der Waals surface area contributed by atoms with Gasteiger partial charge < -0.3 is 19.9 Å². The molecule has 0 aliphatic carbocycles. The van der Waals surface area contributed by atoms with E-state index in [9.17, 15) is 14.4 Å². The highest BCUT2D eigenvalue weighted by molar-refractivity contribution is 8.01. The summed E-state index contributed by atoms with van der Waals surface area (Å²) in [4.78, 5) is 36.2. The maximum atomic E-state index is 12.3. The van der Waals surface area contributed by atoms with Gasteiger partial charge in [0.25, 0.3) is 0 Å². The van der Waals surface area contributed by atoms with Gasteiger partial charge in [0.15, 0.2) is 5.82 Å². The van der Waals surface area contributed by atoms with E-state index in [4.69, 9.17) is 9.26 Å². The molecule has 2 rings (SSSR count). The van der Waals surface area contributed by atoms with Gasteiger partial charge in [-0.3, -0.25) is 14.4 Å². The number of carbonyl (C=O) groups is 3. The molecule has 150 valence electrons. The minimum Gasteiger partial charge on any atom is -0.469 e. The first-order valence-electron chi connectivity index (χ1n) is 8.66. The third-order valence-corrected chi connectivity index (χ3v) is 4.99. The average Bonchev–Trinajstić information content (AvgIpc) is 3.10. The smallest absolute Gasteiger partial charge is 0.307 e. The van der Waals surface area contributed by atoms with Crippen molar-refractivity contribution in [3.05, 3.63) is 47.7 Å². The Labute approximate surface area is 167 Å². The van der Waals surface area contributed by atoms with E-state index in [0.717, 1.165) is 5.56 Å². The fourth-order valence-corrected chi connectivity index (χ4v) is 3.05. The summed E-state index contributed by atoms with van der Waals surface area (Å²) < 4.78 is 9.61. The van der Waals surface area contributed by atoms with Crippen molar-refractivity contribution >= 4 is 35.4 Å². The molecule has 9 heteroatoms. The van der Waals surface area contributed by atoms with E-state index < -0.39 is 17.3 Å². The lowest BCUT2D eigenvalue weighted by molar-refractivity contribution is -0.141. The lowest BCUT2D eigenvalue weighted by atomic mass is 10.0. The number of methoxy groups -OCH3 is 1. The third kappa shape index (κ3) is 6.73. The summed E-state index contributed by atoms with van der Waals surface area (Å²) >= 11 is 1.18. The van der Waals surface area contributed by atoms with Gasteiger partial charge in [-0.2, -0.15) is 0 Å². The summed E-state index contributed by atoms with van der Waals surface area (Å²) in [6, 6.07) is 10.3. The van der Waals surface area contributed by atoms with Crippen LogP contribution in [0.2, 0.25) is 0 Å². The second-order valence-corrected chi connectivity index (χ2v) is 7.41. The lowest BCUT2D eigenvalue weighted by Gasteiger charge is -2.18. The molecule has 0 aliphatic heterocycles. The first-order valence-corrected chi connectivity index (χ1v) is 9.70. The zero-order valence-electron chi connectivity index (χ0n) is 15.9. The number of aromatic nitrogens is 1. The number of hydrogen-bond acceptors (Lipinski definition) is 7. The largest absolute Gasteiger partial charge is 0.469 e. The van der Waals surface area contributed by atoms with Gasteiger partial charge in [-0.05, 0) is 19.4 Å². The second-order valence-electron chi connectivity index (χ2n) is 6.08. The highest BCUT2D eigenvalue weighted by Gasteiger charge is 2.21. The summed E-state index contributed by atoms with van der Waals surface area (Å²) in [5, 5.41) is 8.68. The minimum absolute atomic E-state index is 0.0263. The van der Waals surface area contributed by atoms with Crippen molar-refractivity contribution < 1.29 is 23.6 Å². The normalized spacial score (nSPS) is 12.7. The van der Waals surface area contributed by atoms with E-state index in [1.54, 1.807) is 19.9 Å². The monoisotopic (exact) mass is 405 g/mol. The van der Waals surface area contributed by atoms with Crippen LogP contribution in [0.3, 0.4) is 0 Å². The molecule has 1 aromatic carbocycles. The molecule has 1 aromatic heterocycles. The van der Waals surface area contributed by atoms with Crippen LogP contribution in [0.4, 0.5) is 5.82 Å². The fourth-order valence-electron chi connectivity index (χ4n) is 2.35. The van der Waals surface area contributed by atoms with Gasteiger partial charge in [0, 0.05) is 6.07 Å². The molecule has 2 atom stereocenters. The number of esters is 1. The first kappa shape index (κ1) is 21.5. The van der Waals surface area contributed by atoms with E-state index in [1.165, 1.54) is 18.9 Å². The molecule has 0 radical (unpaired) electrons. The summed E-state index contributed by atoms with van der Waals surface area (Å²) in [6.07, 6.45) is 0.0263. The van der Waals surface area contributed by atoms with E-state index in [-0.39, 0.29) is 24.0 Å². The Morgan fingerprint density at radius 2 is 1.96 bits per heavy atom. The van der Waals surface area contributed by atoms with Gasteiger partial charge in [0.05, 0.1) is 30.6 Å². The molecule has 0 bridgehead atoms. The summed E-state index contributed by atoms with van der Waals surface area (Å²) in [7, 11) is 1.30. The Bertz CT molecular complexity index is 809. The molecular formula is C19H23N3O5S. The number of anilines is 1. The Morgan fingerprint density at radius 3 is 2.57 bits per heavy atom. The Morgan fingerprint density at radius 1 is 1.25 bits per heavy atom. The highest BCUT2D eigenvalue weighted by Crippen LogP contribution is 2.19. The molecule has 0 spiro atoms. The maximum Gasteiger partial charge on any atom is 0.307 e. The van der Waals surface area contributed by atoms with Crippen molar-refractivity contribution in [2.75, 3.05) is 18.2 Å². The van der Waals surface area contributed by atoms with Gasteiger partial charge in [-0.1, -0.05) is 35.5 Å². The number of hydrogen-bond donors (Lipinski definition) is 2. The molecule has 1 heterocycles. The Hall–Kier alpha value is -2.81. The first-order chi connectivity index (χ1) is 13.4. The lowest BCUT2D eigenvalue weighted by Crippen LogP contribution is -2.33. The van der Waals surface area contributed by atoms with Crippen molar-refractivity contribution in [2.24, 2.45) is 0 Å². The molecule has 28 heavy (non-hydrogen) atoms. The van der Waals surface area contributed by atoms with Crippen LogP contribution in [-0.4, -0.2) is 41.1 Å². The summed E-state index contributed by atoms with van der Waals surface area (Å²) in [5.41, 5.74) is 0.804. The molecule has 2 aromatic rings. The van der Waals surface area contributed by atoms with Crippen molar-refractivity contribution in [1.82, 2.24) is 10.5 Å². The number of nitrogens with one attached hydrogen (secondary N) is 2. The van der Waals surface area contributed by atoms with Crippen LogP contribution in [0.15, 0.2) is 40.9 Å². The third-order valence-electron chi connectivity index (χ3n) is 3.85. The van der Waals surface area contributed by atoms with E-state index in [0.29, 0.717) is 11.6 Å². The molecule has 2 unspecified atom stereocenters. The van der Waals surface area contributed by atoms with Crippen LogP contribution in [0.5, 0.6) is 0 Å². The number of aryl methyl sites for hydroxylation is 1. The molecular weight excluding hydrogens is 382 g/mol. The quantitative estimate of drug-likeness (QED) is 0.617. The molecule has 8 nitrogen and oxygen atoms in total. The molecule has 0 saturated heterocycles. The number of thioether (sulfide) groups is 1. The van der Waals surface area contributed by atoms with Gasteiger partial charge in [0.1, 0.15) is 5.76 Å². The zero-order chi connectivity index (χ0) is 20.5. The molecule has 0 fully saturated rings. The van der Waals surface area contributed by atoms with Crippen molar-refractivity contribution in [1.29, 1.82) is 0 Å². The van der Waals surface area contributed by atoms with Crippen molar-refractivity contribution in [3.63, 3.8) is 0 Å². The Kier molecular flexibility index (Phi) is 8.06. The number of nitrogens with zero attached hydrogens (tertiary/aromatic N) is 1. The van der Waals surface area contributed by atoms with E-state index >= 15 is 0 Å². The van der Waals surface area contributed by atoms with E-state index in [2.05, 4.69) is 15.8 Å². The van der Waals surface area contributed by atoms with Gasteiger partial charge in [0.2, 0.25) is 11.8 Å². The molecule has 2 N–H and O–H groups in total. The van der Waals surface area contributed by atoms with Crippen LogP contribution in [0.25, 0.3) is 0 Å². The summed E-state index contributed by atoms with van der Waals surface area (Å²) in [5.74, 6) is 0.0169. The minimum atomic E-state index is -0.496.